The van der Waals surface area contributed by atoms with E-state index in [2.05, 4.69) is 29.6 Å². The van der Waals surface area contributed by atoms with Crippen LogP contribution in [-0.4, -0.2) is 25.2 Å². The van der Waals surface area contributed by atoms with E-state index in [0.717, 1.165) is 13.0 Å². The van der Waals surface area contributed by atoms with Crippen LogP contribution in [0.15, 0.2) is 30.3 Å². The van der Waals surface area contributed by atoms with Gasteiger partial charge in [-0.25, -0.2) is 0 Å². The van der Waals surface area contributed by atoms with Crippen LogP contribution in [0.4, 0.5) is 0 Å². The summed E-state index contributed by atoms with van der Waals surface area (Å²) >= 11 is 0. The Morgan fingerprint density at radius 3 is 2.38 bits per heavy atom. The molecule has 0 aliphatic heterocycles. The molecule has 1 rings (SSSR count). The van der Waals surface area contributed by atoms with Crippen molar-refractivity contribution >= 4 is 6.47 Å². The van der Waals surface area contributed by atoms with Crippen molar-refractivity contribution in [3.05, 3.63) is 35.9 Å². The highest BCUT2D eigenvalue weighted by Crippen LogP contribution is 1.97. The van der Waals surface area contributed by atoms with Crippen LogP contribution in [0.5, 0.6) is 0 Å². The smallest absolute Gasteiger partial charge is 0.290 e. The Morgan fingerprint density at radius 1 is 1.38 bits per heavy atom. The molecule has 0 aliphatic carbocycles. The number of hydrogen-bond donors (Lipinski definition) is 2. The minimum atomic E-state index is -0.250. The highest BCUT2D eigenvalue weighted by molar-refractivity contribution is 5.32. The fraction of sp³-hybridized carbons (Fsp3) is 0.300. The number of nitrogens with one attached hydrogen (secondary N) is 1. The average molecular weight is 181 g/mol. The van der Waals surface area contributed by atoms with Crippen molar-refractivity contribution in [2.24, 2.45) is 0 Å². The van der Waals surface area contributed by atoms with Crippen molar-refractivity contribution in [2.75, 3.05) is 13.6 Å². The molecule has 0 atom stereocenters. The minimum absolute atomic E-state index is 0.250. The summed E-state index contributed by atoms with van der Waals surface area (Å²) < 4.78 is 0. The minimum Gasteiger partial charge on any atom is -0.483 e. The maximum absolute atomic E-state index is 8.36. The van der Waals surface area contributed by atoms with Gasteiger partial charge in [0.2, 0.25) is 0 Å². The second-order valence-electron chi connectivity index (χ2n) is 2.44. The van der Waals surface area contributed by atoms with Gasteiger partial charge in [-0.3, -0.25) is 4.79 Å². The summed E-state index contributed by atoms with van der Waals surface area (Å²) in [5.41, 5.74) is 1.40. The van der Waals surface area contributed by atoms with Gasteiger partial charge in [-0.05, 0) is 25.6 Å². The van der Waals surface area contributed by atoms with Gasteiger partial charge in [0.15, 0.2) is 0 Å². The predicted octanol–water partition coefficient (Wildman–Crippen LogP) is 1.15. The van der Waals surface area contributed by atoms with Crippen LogP contribution in [-0.2, 0) is 11.2 Å². The fourth-order valence-electron chi connectivity index (χ4n) is 0.914. The number of rotatable bonds is 3. The van der Waals surface area contributed by atoms with Gasteiger partial charge in [-0.2, -0.15) is 0 Å². The first-order valence-corrected chi connectivity index (χ1v) is 4.11. The Balaban J connectivity index is 0.000000424. The molecular formula is C10H15NO2. The summed E-state index contributed by atoms with van der Waals surface area (Å²) in [4.78, 5) is 8.36. The van der Waals surface area contributed by atoms with Gasteiger partial charge in [0.1, 0.15) is 0 Å². The quantitative estimate of drug-likeness (QED) is 0.688. The third-order valence-electron chi connectivity index (χ3n) is 1.51. The van der Waals surface area contributed by atoms with Crippen molar-refractivity contribution in [3.63, 3.8) is 0 Å². The largest absolute Gasteiger partial charge is 0.483 e. The number of likely N-dealkylation sites (N-methyl/N-ethyl adjacent to an activating group) is 1. The number of carboxylic acid groups (broad SMARTS) is 1. The second kappa shape index (κ2) is 8.74. The molecule has 0 saturated carbocycles. The fourth-order valence-corrected chi connectivity index (χ4v) is 0.914. The second-order valence-corrected chi connectivity index (χ2v) is 2.44. The molecule has 3 nitrogen and oxygen atoms in total. The summed E-state index contributed by atoms with van der Waals surface area (Å²) in [7, 11) is 1.98. The molecule has 2 N–H and O–H groups in total. The zero-order valence-corrected chi connectivity index (χ0v) is 7.73. The van der Waals surface area contributed by atoms with Crippen molar-refractivity contribution < 1.29 is 9.90 Å². The van der Waals surface area contributed by atoms with Crippen LogP contribution in [0.2, 0.25) is 0 Å². The van der Waals surface area contributed by atoms with E-state index in [1.165, 1.54) is 5.56 Å². The lowest BCUT2D eigenvalue weighted by molar-refractivity contribution is -0.122. The predicted molar refractivity (Wildman–Crippen MR) is 52.8 cm³/mol. The molecule has 0 spiro atoms. The Labute approximate surface area is 78.4 Å². The zero-order valence-electron chi connectivity index (χ0n) is 7.73. The third-order valence-corrected chi connectivity index (χ3v) is 1.51. The van der Waals surface area contributed by atoms with Gasteiger partial charge in [0.25, 0.3) is 6.47 Å². The monoisotopic (exact) mass is 181 g/mol. The highest BCUT2D eigenvalue weighted by atomic mass is 16.3. The molecule has 0 heterocycles. The van der Waals surface area contributed by atoms with E-state index < -0.39 is 0 Å². The van der Waals surface area contributed by atoms with Gasteiger partial charge in [0.05, 0.1) is 0 Å². The first-order chi connectivity index (χ1) is 6.35. The third kappa shape index (κ3) is 7.03. The number of benzene rings is 1. The van der Waals surface area contributed by atoms with E-state index in [1.54, 1.807) is 0 Å². The molecule has 0 unspecified atom stereocenters. The first-order valence-electron chi connectivity index (χ1n) is 4.11. The van der Waals surface area contributed by atoms with Crippen LogP contribution >= 0.6 is 0 Å². The molecule has 0 aliphatic rings. The SMILES string of the molecule is CNCCc1ccccc1.O=CO. The topological polar surface area (TPSA) is 49.3 Å². The molecular weight excluding hydrogens is 166 g/mol. The van der Waals surface area contributed by atoms with Gasteiger partial charge in [0, 0.05) is 0 Å². The highest BCUT2D eigenvalue weighted by Gasteiger charge is 1.86. The van der Waals surface area contributed by atoms with E-state index in [9.17, 15) is 0 Å². The van der Waals surface area contributed by atoms with Crippen LogP contribution in [0.1, 0.15) is 5.56 Å². The molecule has 1 aromatic carbocycles. The van der Waals surface area contributed by atoms with Gasteiger partial charge < -0.3 is 10.4 Å². The van der Waals surface area contributed by atoms with Crippen molar-refractivity contribution in [1.82, 2.24) is 5.32 Å². The Hall–Kier alpha value is -1.35. The molecule has 13 heavy (non-hydrogen) atoms. The maximum Gasteiger partial charge on any atom is 0.290 e. The van der Waals surface area contributed by atoms with Crippen molar-refractivity contribution in [2.45, 2.75) is 6.42 Å². The van der Waals surface area contributed by atoms with Crippen LogP contribution in [0, 0.1) is 0 Å². The Morgan fingerprint density at radius 2 is 1.92 bits per heavy atom. The van der Waals surface area contributed by atoms with E-state index in [4.69, 9.17) is 9.90 Å². The van der Waals surface area contributed by atoms with Gasteiger partial charge >= 0.3 is 0 Å². The number of carbonyl (C=O) groups is 1. The van der Waals surface area contributed by atoms with E-state index in [0.29, 0.717) is 0 Å². The molecule has 0 saturated heterocycles. The number of hydrogen-bond acceptors (Lipinski definition) is 2. The lowest BCUT2D eigenvalue weighted by Crippen LogP contribution is -2.09. The lowest BCUT2D eigenvalue weighted by Gasteiger charge is -1.97. The Bertz CT molecular complexity index is 211. The summed E-state index contributed by atoms with van der Waals surface area (Å²) in [5.74, 6) is 0. The average Bonchev–Trinajstić information content (AvgIpc) is 2.18. The molecule has 0 radical (unpaired) electrons. The molecule has 0 aromatic heterocycles. The Kier molecular flexibility index (Phi) is 7.84. The van der Waals surface area contributed by atoms with Crippen molar-refractivity contribution in [1.29, 1.82) is 0 Å². The van der Waals surface area contributed by atoms with E-state index >= 15 is 0 Å². The summed E-state index contributed by atoms with van der Waals surface area (Å²) in [6.45, 7) is 0.810. The summed E-state index contributed by atoms with van der Waals surface area (Å²) in [6.07, 6.45) is 1.12. The van der Waals surface area contributed by atoms with Gasteiger partial charge in [-0.1, -0.05) is 30.3 Å². The lowest BCUT2D eigenvalue weighted by atomic mass is 10.2. The zero-order chi connectivity index (χ0) is 9.94. The first kappa shape index (κ1) is 11.6. The standard InChI is InChI=1S/C9H13N.CH2O2/c1-10-8-7-9-5-3-2-4-6-9;2-1-3/h2-6,10H,7-8H2,1H3;1H,(H,2,3). The molecule has 0 fully saturated rings. The normalized spacial score (nSPS) is 8.38. The molecule has 0 bridgehead atoms. The van der Waals surface area contributed by atoms with Gasteiger partial charge in [-0.15, -0.1) is 0 Å². The van der Waals surface area contributed by atoms with Crippen LogP contribution in [0.3, 0.4) is 0 Å². The van der Waals surface area contributed by atoms with Crippen molar-refractivity contribution in [3.8, 4) is 0 Å². The van der Waals surface area contributed by atoms with Crippen LogP contribution < -0.4 is 5.32 Å². The summed E-state index contributed by atoms with van der Waals surface area (Å²) in [6, 6.07) is 10.5. The molecule has 1 aromatic rings. The molecule has 3 heteroatoms. The van der Waals surface area contributed by atoms with Crippen LogP contribution in [0.25, 0.3) is 0 Å². The van der Waals surface area contributed by atoms with E-state index in [1.807, 2.05) is 13.1 Å². The summed E-state index contributed by atoms with van der Waals surface area (Å²) in [5, 5.41) is 10.0. The molecule has 0 amide bonds. The maximum atomic E-state index is 8.36. The van der Waals surface area contributed by atoms with E-state index in [-0.39, 0.29) is 6.47 Å². The molecule has 72 valence electrons.